The van der Waals surface area contributed by atoms with Crippen LogP contribution in [0.2, 0.25) is 0 Å². The van der Waals surface area contributed by atoms with Crippen molar-refractivity contribution in [3.8, 4) is 11.8 Å². The van der Waals surface area contributed by atoms with Gasteiger partial charge >= 0.3 is 5.97 Å². The van der Waals surface area contributed by atoms with Crippen LogP contribution in [0, 0.1) is 11.8 Å². The van der Waals surface area contributed by atoms with E-state index in [2.05, 4.69) is 16.7 Å². The van der Waals surface area contributed by atoms with E-state index in [1.807, 2.05) is 24.3 Å². The summed E-state index contributed by atoms with van der Waals surface area (Å²) in [6.45, 7) is 1.49. The van der Waals surface area contributed by atoms with E-state index < -0.39 is 5.97 Å². The minimum Gasteiger partial charge on any atom is -0.472 e. The lowest BCUT2D eigenvalue weighted by atomic mass is 10.1. The molecule has 0 saturated heterocycles. The summed E-state index contributed by atoms with van der Waals surface area (Å²) in [7, 11) is 0. The quantitative estimate of drug-likeness (QED) is 0.648. The number of carboxylic acids is 1. The average Bonchev–Trinajstić information content (AvgIpc) is 2.39. The van der Waals surface area contributed by atoms with E-state index in [1.54, 1.807) is 0 Å². The van der Waals surface area contributed by atoms with Gasteiger partial charge in [-0.3, -0.25) is 0 Å². The van der Waals surface area contributed by atoms with Gasteiger partial charge in [0.25, 0.3) is 0 Å². The van der Waals surface area contributed by atoms with Gasteiger partial charge in [0.15, 0.2) is 0 Å². The second-order valence-corrected chi connectivity index (χ2v) is 4.57. The molecule has 1 aromatic rings. The van der Waals surface area contributed by atoms with Crippen molar-refractivity contribution in [1.29, 1.82) is 0 Å². The van der Waals surface area contributed by atoms with Crippen LogP contribution in [0.4, 0.5) is 5.69 Å². The molecular weight excluding hydrogens is 285 g/mol. The predicted molar refractivity (Wildman–Crippen MR) is 79.2 cm³/mol. The van der Waals surface area contributed by atoms with Crippen molar-refractivity contribution in [1.82, 2.24) is 0 Å². The van der Waals surface area contributed by atoms with Gasteiger partial charge in [-0.1, -0.05) is 18.1 Å². The Balaban J connectivity index is 2.69. The van der Waals surface area contributed by atoms with Crippen molar-refractivity contribution in [3.63, 3.8) is 0 Å². The van der Waals surface area contributed by atoms with Crippen LogP contribution in [0.15, 0.2) is 24.3 Å². The van der Waals surface area contributed by atoms with Crippen LogP contribution in [0.5, 0.6) is 0 Å². The van der Waals surface area contributed by atoms with Crippen LogP contribution in [-0.2, 0) is 11.2 Å². The molecule has 3 nitrogen and oxygen atoms in total. The van der Waals surface area contributed by atoms with Gasteiger partial charge < -0.3 is 10.0 Å². The topological polar surface area (TPSA) is 40.5 Å². The van der Waals surface area contributed by atoms with Gasteiger partial charge in [0.05, 0.1) is 0 Å². The van der Waals surface area contributed by atoms with Crippen LogP contribution in [0.25, 0.3) is 0 Å². The molecule has 1 aromatic carbocycles. The van der Waals surface area contributed by atoms with Gasteiger partial charge in [-0.2, -0.15) is 0 Å². The monoisotopic (exact) mass is 299 g/mol. The largest absolute Gasteiger partial charge is 0.472 e. The molecule has 5 heteroatoms. The summed E-state index contributed by atoms with van der Waals surface area (Å²) in [4.78, 5) is 12.4. The molecule has 0 aliphatic carbocycles. The number of carboxylic acid groups (broad SMARTS) is 1. The number of halogens is 2. The number of carbonyl (C=O) groups is 1. The summed E-state index contributed by atoms with van der Waals surface area (Å²) in [5.74, 6) is 4.67. The molecule has 1 N–H and O–H groups in total. The van der Waals surface area contributed by atoms with E-state index in [0.717, 1.165) is 24.3 Å². The van der Waals surface area contributed by atoms with Crippen LogP contribution < -0.4 is 4.90 Å². The normalized spacial score (nSPS) is 9.58. The second kappa shape index (κ2) is 8.68. The Bertz CT molecular complexity index is 457. The summed E-state index contributed by atoms with van der Waals surface area (Å²) >= 11 is 11.5. The third-order valence-corrected chi connectivity index (χ3v) is 2.84. The summed E-state index contributed by atoms with van der Waals surface area (Å²) in [5.41, 5.74) is 2.03. The van der Waals surface area contributed by atoms with Gasteiger partial charge in [-0.15, -0.1) is 23.2 Å². The fourth-order valence-electron chi connectivity index (χ4n) is 1.62. The number of benzene rings is 1. The first-order valence-corrected chi connectivity index (χ1v) is 6.92. The van der Waals surface area contributed by atoms with Crippen LogP contribution in [0.3, 0.4) is 0 Å². The first-order chi connectivity index (χ1) is 9.17. The highest BCUT2D eigenvalue weighted by Gasteiger charge is 2.04. The van der Waals surface area contributed by atoms with Gasteiger partial charge in [-0.05, 0) is 17.7 Å². The Morgan fingerprint density at radius 3 is 2.21 bits per heavy atom. The van der Waals surface area contributed by atoms with Crippen LogP contribution in [-0.4, -0.2) is 35.9 Å². The molecule has 0 radical (unpaired) electrons. The highest BCUT2D eigenvalue weighted by atomic mass is 35.5. The first-order valence-electron chi connectivity index (χ1n) is 5.85. The van der Waals surface area contributed by atoms with Gasteiger partial charge in [-0.25, -0.2) is 4.79 Å². The zero-order valence-corrected chi connectivity index (χ0v) is 11.9. The number of hydrogen-bond acceptors (Lipinski definition) is 2. The molecule has 0 heterocycles. The molecule has 0 unspecified atom stereocenters. The smallest absolute Gasteiger partial charge is 0.381 e. The summed E-state index contributed by atoms with van der Waals surface area (Å²) in [6, 6.07) is 7.80. The molecule has 0 atom stereocenters. The average molecular weight is 300 g/mol. The fourth-order valence-corrected chi connectivity index (χ4v) is 2.03. The van der Waals surface area contributed by atoms with Crippen molar-refractivity contribution in [3.05, 3.63) is 29.8 Å². The Morgan fingerprint density at radius 2 is 1.74 bits per heavy atom. The molecule has 0 spiro atoms. The SMILES string of the molecule is O=C(O)C#CCc1ccc(N(CCCl)CCCl)cc1. The van der Waals surface area contributed by atoms with E-state index in [9.17, 15) is 4.79 Å². The Kier molecular flexibility index (Phi) is 7.17. The third kappa shape index (κ3) is 5.87. The Hall–Kier alpha value is -1.37. The molecule has 0 aromatic heterocycles. The highest BCUT2D eigenvalue weighted by Crippen LogP contribution is 2.15. The lowest BCUT2D eigenvalue weighted by Gasteiger charge is -2.22. The summed E-state index contributed by atoms with van der Waals surface area (Å²) < 4.78 is 0. The summed E-state index contributed by atoms with van der Waals surface area (Å²) in [5, 5.41) is 8.42. The maximum atomic E-state index is 10.3. The number of aliphatic carboxylic acids is 1. The second-order valence-electron chi connectivity index (χ2n) is 3.82. The fraction of sp³-hybridized carbons (Fsp3) is 0.357. The number of rotatable bonds is 6. The molecule has 0 aliphatic rings. The minimum atomic E-state index is -1.10. The Morgan fingerprint density at radius 1 is 1.16 bits per heavy atom. The van der Waals surface area contributed by atoms with E-state index in [1.165, 1.54) is 0 Å². The van der Waals surface area contributed by atoms with E-state index in [0.29, 0.717) is 18.2 Å². The molecule has 0 fully saturated rings. The molecule has 19 heavy (non-hydrogen) atoms. The van der Waals surface area contributed by atoms with Crippen molar-refractivity contribution >= 4 is 34.9 Å². The first kappa shape index (κ1) is 15.7. The number of alkyl halides is 2. The van der Waals surface area contributed by atoms with Gasteiger partial charge in [0.1, 0.15) is 0 Å². The molecular formula is C14H15Cl2NO2. The van der Waals surface area contributed by atoms with Crippen LogP contribution >= 0.6 is 23.2 Å². The number of hydrogen-bond donors (Lipinski definition) is 1. The van der Waals surface area contributed by atoms with E-state index in [4.69, 9.17) is 28.3 Å². The van der Waals surface area contributed by atoms with Crippen LogP contribution in [0.1, 0.15) is 5.56 Å². The van der Waals surface area contributed by atoms with Gasteiger partial charge in [0, 0.05) is 42.9 Å². The minimum absolute atomic E-state index is 0.428. The number of nitrogens with zero attached hydrogens (tertiary/aromatic N) is 1. The Labute approximate surface area is 123 Å². The third-order valence-electron chi connectivity index (χ3n) is 2.50. The summed E-state index contributed by atoms with van der Waals surface area (Å²) in [6.07, 6.45) is 0.428. The lowest BCUT2D eigenvalue weighted by molar-refractivity contribution is -0.130. The van der Waals surface area contributed by atoms with Crippen molar-refractivity contribution < 1.29 is 9.90 Å². The van der Waals surface area contributed by atoms with Crippen molar-refractivity contribution in [2.45, 2.75) is 6.42 Å². The molecule has 1 rings (SSSR count). The van der Waals surface area contributed by atoms with Crippen molar-refractivity contribution in [2.24, 2.45) is 0 Å². The lowest BCUT2D eigenvalue weighted by Crippen LogP contribution is -2.27. The van der Waals surface area contributed by atoms with Crippen molar-refractivity contribution in [2.75, 3.05) is 29.7 Å². The molecule has 0 bridgehead atoms. The predicted octanol–water partition coefficient (Wildman–Crippen LogP) is 2.60. The van der Waals surface area contributed by atoms with E-state index in [-0.39, 0.29) is 0 Å². The standard InChI is InChI=1S/C14H15Cl2NO2/c15-8-10-17(11-9-16)13-6-4-12(5-7-13)2-1-3-14(18)19/h4-7H,2,8-11H2,(H,18,19). The zero-order chi connectivity index (χ0) is 14.1. The maximum absolute atomic E-state index is 10.3. The molecule has 0 aliphatic heterocycles. The zero-order valence-electron chi connectivity index (χ0n) is 10.4. The molecule has 0 saturated carbocycles. The van der Waals surface area contributed by atoms with Gasteiger partial charge in [0.2, 0.25) is 0 Å². The van der Waals surface area contributed by atoms with E-state index >= 15 is 0 Å². The maximum Gasteiger partial charge on any atom is 0.381 e. The molecule has 102 valence electrons. The highest BCUT2D eigenvalue weighted by molar-refractivity contribution is 6.18. The number of anilines is 1. The molecule has 0 amide bonds.